The van der Waals surface area contributed by atoms with Crippen LogP contribution in [0.2, 0.25) is 0 Å². The Morgan fingerprint density at radius 3 is 2.30 bits per heavy atom. The fourth-order valence-electron chi connectivity index (χ4n) is 3.64. The molecule has 3 rings (SSSR count). The van der Waals surface area contributed by atoms with Crippen LogP contribution < -0.4 is 10.2 Å². The molecule has 0 bridgehead atoms. The van der Waals surface area contributed by atoms with E-state index < -0.39 is 5.41 Å². The third kappa shape index (κ3) is 3.16. The smallest absolute Gasteiger partial charge is 0.292 e. The summed E-state index contributed by atoms with van der Waals surface area (Å²) in [5.74, 6) is -0.0324. The van der Waals surface area contributed by atoms with Gasteiger partial charge in [-0.3, -0.25) is 14.9 Å². The third-order valence-corrected chi connectivity index (χ3v) is 5.19. The number of fused-ring (bicyclic) bond motifs is 1. The predicted octanol–water partition coefficient (Wildman–Crippen LogP) is 4.80. The fraction of sp³-hybridized carbons (Fsp3) is 0.381. The van der Waals surface area contributed by atoms with Crippen molar-refractivity contribution in [2.75, 3.05) is 10.2 Å². The van der Waals surface area contributed by atoms with Gasteiger partial charge in [0.05, 0.1) is 16.0 Å². The molecule has 0 unspecified atom stereocenters. The van der Waals surface area contributed by atoms with Crippen LogP contribution in [0, 0.1) is 10.1 Å². The summed E-state index contributed by atoms with van der Waals surface area (Å²) in [7, 11) is 0. The number of hydrogen-bond acceptors (Lipinski definition) is 4. The summed E-state index contributed by atoms with van der Waals surface area (Å²) in [5, 5.41) is 15.0. The topological polar surface area (TPSA) is 75.5 Å². The molecule has 1 amide bonds. The van der Waals surface area contributed by atoms with Gasteiger partial charge in [0.2, 0.25) is 5.91 Å². The molecule has 1 aliphatic rings. The third-order valence-electron chi connectivity index (χ3n) is 5.19. The van der Waals surface area contributed by atoms with E-state index in [0.29, 0.717) is 11.3 Å². The Balaban J connectivity index is 2.10. The minimum absolute atomic E-state index is 0.0111. The van der Waals surface area contributed by atoms with E-state index in [9.17, 15) is 14.9 Å². The standard InChI is InChI=1S/C21H25N3O3/c1-13(2)23-18-12-17(22-14(3)15-9-7-6-8-10-15)19(24(26)27)11-16(18)21(4,5)20(23)25/h6-14,22H,1-5H3/t14-/m0/s1. The van der Waals surface area contributed by atoms with Gasteiger partial charge in [0.15, 0.2) is 0 Å². The zero-order valence-corrected chi connectivity index (χ0v) is 16.3. The summed E-state index contributed by atoms with van der Waals surface area (Å²) < 4.78 is 0. The summed E-state index contributed by atoms with van der Waals surface area (Å²) in [6, 6.07) is 12.9. The molecule has 0 saturated carbocycles. The molecule has 0 radical (unpaired) electrons. The molecule has 0 aromatic heterocycles. The van der Waals surface area contributed by atoms with Gasteiger partial charge in [-0.2, -0.15) is 0 Å². The molecule has 2 aromatic carbocycles. The van der Waals surface area contributed by atoms with E-state index in [1.54, 1.807) is 17.0 Å². The summed E-state index contributed by atoms with van der Waals surface area (Å²) >= 11 is 0. The summed E-state index contributed by atoms with van der Waals surface area (Å²) in [6.07, 6.45) is 0. The van der Waals surface area contributed by atoms with Crippen LogP contribution in [0.5, 0.6) is 0 Å². The van der Waals surface area contributed by atoms with Crippen molar-refractivity contribution in [2.45, 2.75) is 52.1 Å². The maximum atomic E-state index is 12.9. The lowest BCUT2D eigenvalue weighted by Gasteiger charge is -2.24. The van der Waals surface area contributed by atoms with E-state index >= 15 is 0 Å². The monoisotopic (exact) mass is 367 g/mol. The van der Waals surface area contributed by atoms with Gasteiger partial charge in [-0.05, 0) is 51.8 Å². The first-order valence-electron chi connectivity index (χ1n) is 9.12. The number of nitro groups is 1. The second kappa shape index (κ2) is 6.68. The van der Waals surface area contributed by atoms with Gasteiger partial charge in [-0.25, -0.2) is 0 Å². The number of benzene rings is 2. The quantitative estimate of drug-likeness (QED) is 0.608. The largest absolute Gasteiger partial charge is 0.373 e. The molecule has 0 saturated heterocycles. The summed E-state index contributed by atoms with van der Waals surface area (Å²) in [4.78, 5) is 26.0. The van der Waals surface area contributed by atoms with E-state index in [2.05, 4.69) is 5.32 Å². The van der Waals surface area contributed by atoms with Crippen molar-refractivity contribution < 1.29 is 9.72 Å². The molecule has 1 atom stereocenters. The van der Waals surface area contributed by atoms with Crippen molar-refractivity contribution in [2.24, 2.45) is 0 Å². The van der Waals surface area contributed by atoms with Gasteiger partial charge in [-0.1, -0.05) is 30.3 Å². The maximum absolute atomic E-state index is 12.9. The van der Waals surface area contributed by atoms with Crippen LogP contribution in [0.3, 0.4) is 0 Å². The van der Waals surface area contributed by atoms with E-state index in [4.69, 9.17) is 0 Å². The number of nitrogens with zero attached hydrogens (tertiary/aromatic N) is 2. The van der Waals surface area contributed by atoms with Gasteiger partial charge in [0.25, 0.3) is 5.69 Å². The number of anilines is 2. The Morgan fingerprint density at radius 1 is 1.11 bits per heavy atom. The lowest BCUT2D eigenvalue weighted by atomic mass is 9.85. The molecule has 6 nitrogen and oxygen atoms in total. The lowest BCUT2D eigenvalue weighted by Crippen LogP contribution is -2.40. The summed E-state index contributed by atoms with van der Waals surface area (Å²) in [5.41, 5.74) is 2.10. The molecule has 1 heterocycles. The van der Waals surface area contributed by atoms with Crippen molar-refractivity contribution in [1.29, 1.82) is 0 Å². The van der Waals surface area contributed by atoms with Crippen molar-refractivity contribution in [1.82, 2.24) is 0 Å². The number of carbonyl (C=O) groups is 1. The average molecular weight is 367 g/mol. The zero-order valence-electron chi connectivity index (χ0n) is 16.3. The predicted molar refractivity (Wildman–Crippen MR) is 107 cm³/mol. The van der Waals surface area contributed by atoms with Crippen LogP contribution >= 0.6 is 0 Å². The van der Waals surface area contributed by atoms with Crippen LogP contribution in [0.25, 0.3) is 0 Å². The van der Waals surface area contributed by atoms with Gasteiger partial charge in [0, 0.05) is 18.2 Å². The minimum Gasteiger partial charge on any atom is -0.373 e. The molecule has 6 heteroatoms. The normalized spacial score (nSPS) is 16.4. The lowest BCUT2D eigenvalue weighted by molar-refractivity contribution is -0.384. The van der Waals surface area contributed by atoms with Gasteiger partial charge >= 0.3 is 0 Å². The van der Waals surface area contributed by atoms with Gasteiger partial charge in [0.1, 0.15) is 5.69 Å². The zero-order chi connectivity index (χ0) is 19.9. The van der Waals surface area contributed by atoms with Crippen LogP contribution in [-0.2, 0) is 10.2 Å². The SMILES string of the molecule is CC(C)N1C(=O)C(C)(C)c2cc([N+](=O)[O-])c(N[C@@H](C)c3ccccc3)cc21. The maximum Gasteiger partial charge on any atom is 0.292 e. The molecule has 0 spiro atoms. The first-order valence-corrected chi connectivity index (χ1v) is 9.12. The molecule has 27 heavy (non-hydrogen) atoms. The number of nitrogens with one attached hydrogen (secondary N) is 1. The highest BCUT2D eigenvalue weighted by Gasteiger charge is 2.46. The second-order valence-corrected chi connectivity index (χ2v) is 7.81. The molecule has 142 valence electrons. The summed E-state index contributed by atoms with van der Waals surface area (Å²) in [6.45, 7) is 9.50. The van der Waals surface area contributed by atoms with Gasteiger partial charge < -0.3 is 10.2 Å². The average Bonchev–Trinajstić information content (AvgIpc) is 2.80. The van der Waals surface area contributed by atoms with Crippen LogP contribution in [0.15, 0.2) is 42.5 Å². The van der Waals surface area contributed by atoms with E-state index in [1.165, 1.54) is 0 Å². The molecular formula is C21H25N3O3. The first kappa shape index (κ1) is 18.9. The number of nitro benzene ring substituents is 1. The number of rotatable bonds is 5. The Kier molecular flexibility index (Phi) is 4.68. The highest BCUT2D eigenvalue weighted by atomic mass is 16.6. The molecule has 0 fully saturated rings. The molecule has 1 aliphatic heterocycles. The highest BCUT2D eigenvalue weighted by Crippen LogP contribution is 2.47. The van der Waals surface area contributed by atoms with E-state index in [-0.39, 0.29) is 28.6 Å². The van der Waals surface area contributed by atoms with Crippen LogP contribution in [0.1, 0.15) is 51.8 Å². The first-order chi connectivity index (χ1) is 12.6. The molecular weight excluding hydrogens is 342 g/mol. The second-order valence-electron chi connectivity index (χ2n) is 7.81. The minimum atomic E-state index is -0.784. The highest BCUT2D eigenvalue weighted by molar-refractivity contribution is 6.09. The van der Waals surface area contributed by atoms with Crippen molar-refractivity contribution >= 4 is 23.0 Å². The van der Waals surface area contributed by atoms with E-state index in [0.717, 1.165) is 11.3 Å². The molecule has 1 N–H and O–H groups in total. The van der Waals surface area contributed by atoms with Crippen molar-refractivity contribution in [3.05, 3.63) is 63.7 Å². The van der Waals surface area contributed by atoms with Crippen molar-refractivity contribution in [3.63, 3.8) is 0 Å². The molecule has 0 aliphatic carbocycles. The Morgan fingerprint density at radius 2 is 1.74 bits per heavy atom. The number of carbonyl (C=O) groups excluding carboxylic acids is 1. The van der Waals surface area contributed by atoms with Gasteiger partial charge in [-0.15, -0.1) is 0 Å². The Hall–Kier alpha value is -2.89. The Labute approximate surface area is 159 Å². The van der Waals surface area contributed by atoms with E-state index in [1.807, 2.05) is 65.0 Å². The fourth-order valence-corrected chi connectivity index (χ4v) is 3.64. The molecule has 2 aromatic rings. The number of hydrogen-bond donors (Lipinski definition) is 1. The van der Waals surface area contributed by atoms with Crippen LogP contribution in [-0.4, -0.2) is 16.9 Å². The number of amides is 1. The van der Waals surface area contributed by atoms with Crippen molar-refractivity contribution in [3.8, 4) is 0 Å². The Bertz CT molecular complexity index is 891. The van der Waals surface area contributed by atoms with Crippen LogP contribution in [0.4, 0.5) is 17.1 Å².